The predicted molar refractivity (Wildman–Crippen MR) is 142 cm³/mol. The van der Waals surface area contributed by atoms with Crippen molar-refractivity contribution in [1.82, 2.24) is 9.88 Å². The van der Waals surface area contributed by atoms with Gasteiger partial charge in [0.15, 0.2) is 5.11 Å². The predicted octanol–water partition coefficient (Wildman–Crippen LogP) is 4.54. The second-order valence-electron chi connectivity index (χ2n) is 7.91. The smallest absolute Gasteiger partial charge is 0.335 e. The van der Waals surface area contributed by atoms with E-state index in [1.807, 2.05) is 32.9 Å². The number of carboxylic acids is 1. The summed E-state index contributed by atoms with van der Waals surface area (Å²) in [5, 5.41) is 11.6. The van der Waals surface area contributed by atoms with E-state index < -0.39 is 17.8 Å². The molecule has 1 fully saturated rings. The molecule has 0 radical (unpaired) electrons. The third-order valence-corrected chi connectivity index (χ3v) is 7.14. The fourth-order valence-corrected chi connectivity index (χ4v) is 4.52. The minimum atomic E-state index is -1.08. The average Bonchev–Trinajstić information content (AvgIpc) is 3.06. The van der Waals surface area contributed by atoms with Gasteiger partial charge in [-0.1, -0.05) is 0 Å². The number of thiocarbonyl (C=S) groups is 1. The molecular weight excluding hydrogens is 565 g/mol. The van der Waals surface area contributed by atoms with Crippen molar-refractivity contribution >= 4 is 69.5 Å². The van der Waals surface area contributed by atoms with Crippen LogP contribution in [0.25, 0.3) is 11.8 Å². The van der Waals surface area contributed by atoms with E-state index in [0.29, 0.717) is 5.69 Å². The van der Waals surface area contributed by atoms with Crippen LogP contribution in [0.5, 0.6) is 0 Å². The molecule has 2 amide bonds. The molecule has 1 aromatic heterocycles. The number of aromatic nitrogens is 1. The molecule has 0 bridgehead atoms. The molecule has 0 spiro atoms. The van der Waals surface area contributed by atoms with Gasteiger partial charge in [-0.05, 0) is 121 Å². The lowest BCUT2D eigenvalue weighted by atomic mass is 10.1. The molecule has 2 N–H and O–H groups in total. The molecule has 0 saturated carbocycles. The summed E-state index contributed by atoms with van der Waals surface area (Å²) in [7, 11) is 0. The zero-order valence-electron chi connectivity index (χ0n) is 18.5. The lowest BCUT2D eigenvalue weighted by molar-refractivity contribution is -0.122. The highest BCUT2D eigenvalue weighted by Gasteiger charge is 2.34. The number of benzene rings is 2. The molecule has 1 aliphatic rings. The van der Waals surface area contributed by atoms with Gasteiger partial charge < -0.3 is 9.67 Å². The Kier molecular flexibility index (Phi) is 6.41. The van der Waals surface area contributed by atoms with Gasteiger partial charge in [0.05, 0.1) is 11.3 Å². The zero-order chi connectivity index (χ0) is 24.7. The van der Waals surface area contributed by atoms with Crippen LogP contribution in [-0.2, 0) is 9.59 Å². The average molecular weight is 585 g/mol. The molecule has 34 heavy (non-hydrogen) atoms. The Morgan fingerprint density at radius 1 is 1.03 bits per heavy atom. The second kappa shape index (κ2) is 9.15. The molecule has 172 valence electrons. The summed E-state index contributed by atoms with van der Waals surface area (Å²) in [5.74, 6) is -2.23. The highest BCUT2D eigenvalue weighted by Crippen LogP contribution is 2.27. The van der Waals surface area contributed by atoms with E-state index >= 15 is 0 Å². The highest BCUT2D eigenvalue weighted by atomic mass is 127. The molecule has 7 nitrogen and oxygen atoms in total. The summed E-state index contributed by atoms with van der Waals surface area (Å²) < 4.78 is 3.25. The Labute approximate surface area is 215 Å². The number of rotatable bonds is 4. The number of carbonyl (C=O) groups is 3. The Bertz CT molecular complexity index is 1410. The molecule has 2 heterocycles. The van der Waals surface area contributed by atoms with Crippen molar-refractivity contribution in [2.24, 2.45) is 0 Å². The highest BCUT2D eigenvalue weighted by molar-refractivity contribution is 14.1. The zero-order valence-corrected chi connectivity index (χ0v) is 21.5. The van der Waals surface area contributed by atoms with E-state index in [-0.39, 0.29) is 16.2 Å². The van der Waals surface area contributed by atoms with Crippen molar-refractivity contribution in [3.63, 3.8) is 0 Å². The SMILES string of the molecule is Cc1cc(-n2c(C)cc(/C=C3/C(=O)NC(=S)N(c4ccc(C(=O)O)cc4)C3=O)c2C)ccc1I. The second-order valence-corrected chi connectivity index (χ2v) is 9.45. The fourth-order valence-electron chi connectivity index (χ4n) is 3.90. The Morgan fingerprint density at radius 2 is 1.68 bits per heavy atom. The van der Waals surface area contributed by atoms with Crippen LogP contribution >= 0.6 is 34.8 Å². The quantitative estimate of drug-likeness (QED) is 0.203. The first-order valence-corrected chi connectivity index (χ1v) is 11.8. The van der Waals surface area contributed by atoms with Crippen molar-refractivity contribution in [3.8, 4) is 5.69 Å². The first-order chi connectivity index (χ1) is 16.1. The monoisotopic (exact) mass is 585 g/mol. The molecule has 4 rings (SSSR count). The van der Waals surface area contributed by atoms with Crippen molar-refractivity contribution in [2.75, 3.05) is 4.90 Å². The molecule has 9 heteroatoms. The Hall–Kier alpha value is -3.31. The van der Waals surface area contributed by atoms with Gasteiger partial charge in [-0.15, -0.1) is 0 Å². The van der Waals surface area contributed by atoms with Crippen LogP contribution in [0.4, 0.5) is 5.69 Å². The van der Waals surface area contributed by atoms with E-state index in [0.717, 1.165) is 28.2 Å². The number of carbonyl (C=O) groups excluding carboxylic acids is 2. The maximum atomic E-state index is 13.3. The summed E-state index contributed by atoms with van der Waals surface area (Å²) in [6.45, 7) is 5.95. The molecule has 1 aliphatic heterocycles. The van der Waals surface area contributed by atoms with Gasteiger partial charge in [-0.25, -0.2) is 4.79 Å². The van der Waals surface area contributed by atoms with Gasteiger partial charge >= 0.3 is 5.97 Å². The number of nitrogens with zero attached hydrogens (tertiary/aromatic N) is 2. The van der Waals surface area contributed by atoms with Crippen molar-refractivity contribution in [1.29, 1.82) is 0 Å². The van der Waals surface area contributed by atoms with E-state index in [1.54, 1.807) is 6.08 Å². The number of aromatic carboxylic acids is 1. The summed E-state index contributed by atoms with van der Waals surface area (Å²) >= 11 is 7.52. The standard InChI is InChI=1S/C25H20IN3O4S/c1-13-10-19(8-9-21(13)26)28-14(2)11-17(15(28)3)12-20-22(30)27-25(34)29(23(20)31)18-6-4-16(5-7-18)24(32)33/h4-12H,1-3H3,(H,32,33)(H,27,30,34)/b20-12-. The van der Waals surface area contributed by atoms with Gasteiger partial charge in [0.1, 0.15) is 5.57 Å². The van der Waals surface area contributed by atoms with E-state index in [4.69, 9.17) is 17.3 Å². The first-order valence-electron chi connectivity index (χ1n) is 10.3. The van der Waals surface area contributed by atoms with Crippen molar-refractivity contribution < 1.29 is 19.5 Å². The van der Waals surface area contributed by atoms with Gasteiger partial charge in [0.25, 0.3) is 11.8 Å². The van der Waals surface area contributed by atoms with Crippen LogP contribution in [0.2, 0.25) is 0 Å². The number of anilines is 1. The summed E-state index contributed by atoms with van der Waals surface area (Å²) in [6.07, 6.45) is 1.57. The third kappa shape index (κ3) is 4.28. The lowest BCUT2D eigenvalue weighted by Gasteiger charge is -2.29. The van der Waals surface area contributed by atoms with Gasteiger partial charge in [0, 0.05) is 20.6 Å². The van der Waals surface area contributed by atoms with Crippen LogP contribution in [-0.4, -0.2) is 32.6 Å². The number of carboxylic acid groups (broad SMARTS) is 1. The molecule has 1 saturated heterocycles. The number of hydrogen-bond acceptors (Lipinski definition) is 4. The number of amides is 2. The van der Waals surface area contributed by atoms with Crippen molar-refractivity contribution in [2.45, 2.75) is 20.8 Å². The summed E-state index contributed by atoms with van der Waals surface area (Å²) in [6, 6.07) is 13.8. The van der Waals surface area contributed by atoms with Gasteiger partial charge in [-0.3, -0.25) is 19.8 Å². The Morgan fingerprint density at radius 3 is 2.29 bits per heavy atom. The molecule has 0 aliphatic carbocycles. The number of aryl methyl sites for hydroxylation is 2. The van der Waals surface area contributed by atoms with E-state index in [2.05, 4.69) is 44.6 Å². The van der Waals surface area contributed by atoms with Crippen LogP contribution in [0.3, 0.4) is 0 Å². The number of hydrogen-bond donors (Lipinski definition) is 2. The molecule has 0 atom stereocenters. The maximum Gasteiger partial charge on any atom is 0.335 e. The summed E-state index contributed by atoms with van der Waals surface area (Å²) in [5.41, 5.74) is 5.13. The topological polar surface area (TPSA) is 91.6 Å². The molecule has 0 unspecified atom stereocenters. The van der Waals surface area contributed by atoms with E-state index in [9.17, 15) is 14.4 Å². The largest absolute Gasteiger partial charge is 0.478 e. The maximum absolute atomic E-state index is 13.3. The minimum Gasteiger partial charge on any atom is -0.478 e. The minimum absolute atomic E-state index is 0.0601. The molecule has 2 aromatic carbocycles. The number of halogens is 1. The fraction of sp³-hybridized carbons (Fsp3) is 0.120. The third-order valence-electron chi connectivity index (χ3n) is 5.64. The van der Waals surface area contributed by atoms with Crippen LogP contribution in [0, 0.1) is 24.3 Å². The lowest BCUT2D eigenvalue weighted by Crippen LogP contribution is -2.54. The van der Waals surface area contributed by atoms with E-state index in [1.165, 1.54) is 32.7 Å². The number of nitrogens with one attached hydrogen (secondary N) is 1. The van der Waals surface area contributed by atoms with Gasteiger partial charge in [-0.2, -0.15) is 0 Å². The van der Waals surface area contributed by atoms with Crippen LogP contribution in [0.15, 0.2) is 54.1 Å². The van der Waals surface area contributed by atoms with Crippen LogP contribution < -0.4 is 10.2 Å². The summed E-state index contributed by atoms with van der Waals surface area (Å²) in [4.78, 5) is 38.3. The first kappa shape index (κ1) is 23.8. The molecular formula is C25H20IN3O4S. The molecule has 3 aromatic rings. The normalized spacial score (nSPS) is 15.1. The van der Waals surface area contributed by atoms with Crippen molar-refractivity contribution in [3.05, 3.63) is 85.8 Å². The van der Waals surface area contributed by atoms with Gasteiger partial charge in [0.2, 0.25) is 0 Å². The van der Waals surface area contributed by atoms with Crippen LogP contribution in [0.1, 0.15) is 32.9 Å². The Balaban J connectivity index is 1.74.